The first-order valence-corrected chi connectivity index (χ1v) is 9.00. The molecule has 0 radical (unpaired) electrons. The summed E-state index contributed by atoms with van der Waals surface area (Å²) in [5.41, 5.74) is 5.48. The Morgan fingerprint density at radius 1 is 0.960 bits per heavy atom. The van der Waals surface area contributed by atoms with Crippen molar-refractivity contribution < 1.29 is 4.79 Å². The fourth-order valence-corrected chi connectivity index (χ4v) is 2.87. The van der Waals surface area contributed by atoms with Crippen molar-refractivity contribution in [2.45, 2.75) is 34.1 Å². The Bertz CT molecular complexity index is 708. The number of nitrogens with zero attached hydrogens (tertiary/aromatic N) is 1. The second-order valence-corrected chi connectivity index (χ2v) is 6.21. The Kier molecular flexibility index (Phi) is 6.87. The maximum Gasteiger partial charge on any atom is 0.226 e. The van der Waals surface area contributed by atoms with E-state index in [1.54, 1.807) is 0 Å². The number of carbonyl (C=O) groups excluding carboxylic acids is 1. The van der Waals surface area contributed by atoms with Crippen molar-refractivity contribution in [3.8, 4) is 0 Å². The van der Waals surface area contributed by atoms with E-state index in [2.05, 4.69) is 54.5 Å². The molecular weight excluding hydrogens is 310 g/mol. The summed E-state index contributed by atoms with van der Waals surface area (Å²) in [6.07, 6.45) is 0.436. The monoisotopic (exact) mass is 339 g/mol. The lowest BCUT2D eigenvalue weighted by Gasteiger charge is -2.22. The second-order valence-electron chi connectivity index (χ2n) is 6.21. The summed E-state index contributed by atoms with van der Waals surface area (Å²) in [5.74, 6) is 0.0271. The first-order chi connectivity index (χ1) is 12.0. The van der Waals surface area contributed by atoms with E-state index in [1.807, 2.05) is 31.2 Å². The molecule has 0 bridgehead atoms. The topological polar surface area (TPSA) is 44.4 Å². The minimum atomic E-state index is 0.0271. The Labute approximate surface area is 151 Å². The van der Waals surface area contributed by atoms with Crippen LogP contribution >= 0.6 is 0 Å². The van der Waals surface area contributed by atoms with Crippen LogP contribution in [0, 0.1) is 13.8 Å². The predicted octanol–water partition coefficient (Wildman–Crippen LogP) is 4.59. The molecule has 0 aliphatic heterocycles. The zero-order valence-corrected chi connectivity index (χ0v) is 15.7. The summed E-state index contributed by atoms with van der Waals surface area (Å²) in [5, 5.41) is 6.33. The van der Waals surface area contributed by atoms with E-state index in [-0.39, 0.29) is 5.91 Å². The average Bonchev–Trinajstić information content (AvgIpc) is 2.60. The van der Waals surface area contributed by atoms with Crippen molar-refractivity contribution in [1.29, 1.82) is 0 Å². The highest BCUT2D eigenvalue weighted by Gasteiger charge is 2.07. The van der Waals surface area contributed by atoms with E-state index in [4.69, 9.17) is 0 Å². The molecule has 134 valence electrons. The molecule has 4 heteroatoms. The van der Waals surface area contributed by atoms with Gasteiger partial charge in [-0.15, -0.1) is 0 Å². The smallest absolute Gasteiger partial charge is 0.226 e. The molecule has 0 saturated carbocycles. The van der Waals surface area contributed by atoms with Crippen molar-refractivity contribution in [2.75, 3.05) is 35.2 Å². The minimum absolute atomic E-state index is 0.0271. The van der Waals surface area contributed by atoms with Gasteiger partial charge in [0.05, 0.1) is 0 Å². The molecule has 0 heterocycles. The Morgan fingerprint density at radius 2 is 1.68 bits per heavy atom. The number of hydrogen-bond donors (Lipinski definition) is 2. The van der Waals surface area contributed by atoms with Crippen molar-refractivity contribution >= 4 is 23.0 Å². The Morgan fingerprint density at radius 3 is 2.32 bits per heavy atom. The third-order valence-corrected chi connectivity index (χ3v) is 4.43. The number of hydrogen-bond acceptors (Lipinski definition) is 3. The quantitative estimate of drug-likeness (QED) is 0.739. The van der Waals surface area contributed by atoms with Crippen LogP contribution in [0.15, 0.2) is 42.5 Å². The maximum atomic E-state index is 12.1. The molecule has 4 nitrogen and oxygen atoms in total. The summed E-state index contributed by atoms with van der Waals surface area (Å²) in [7, 11) is 0. The molecule has 0 aliphatic rings. The number of rotatable bonds is 8. The standard InChI is InChI=1S/C21H29N3O/c1-5-24(6-2)18-11-12-19(17(4)15-18)22-14-13-21(25)23-20-10-8-7-9-16(20)3/h7-12,15,22H,5-6,13-14H2,1-4H3,(H,23,25). The number of amides is 1. The molecule has 0 saturated heterocycles. The third-order valence-electron chi connectivity index (χ3n) is 4.43. The van der Waals surface area contributed by atoms with Crippen LogP contribution < -0.4 is 15.5 Å². The van der Waals surface area contributed by atoms with Gasteiger partial charge in [0.2, 0.25) is 5.91 Å². The molecule has 0 aromatic heterocycles. The summed E-state index contributed by atoms with van der Waals surface area (Å²) in [4.78, 5) is 14.4. The molecule has 0 fully saturated rings. The summed E-state index contributed by atoms with van der Waals surface area (Å²) < 4.78 is 0. The van der Waals surface area contributed by atoms with Gasteiger partial charge in [0.15, 0.2) is 0 Å². The van der Waals surface area contributed by atoms with Crippen molar-refractivity contribution in [1.82, 2.24) is 0 Å². The van der Waals surface area contributed by atoms with Gasteiger partial charge in [-0.05, 0) is 63.1 Å². The lowest BCUT2D eigenvalue weighted by molar-refractivity contribution is -0.115. The zero-order valence-electron chi connectivity index (χ0n) is 15.7. The van der Waals surface area contributed by atoms with Crippen molar-refractivity contribution in [3.63, 3.8) is 0 Å². The van der Waals surface area contributed by atoms with E-state index in [9.17, 15) is 4.79 Å². The number of carbonyl (C=O) groups is 1. The highest BCUT2D eigenvalue weighted by Crippen LogP contribution is 2.22. The summed E-state index contributed by atoms with van der Waals surface area (Å²) in [6.45, 7) is 11.0. The summed E-state index contributed by atoms with van der Waals surface area (Å²) in [6, 6.07) is 14.3. The van der Waals surface area contributed by atoms with Gasteiger partial charge in [0, 0.05) is 43.1 Å². The minimum Gasteiger partial charge on any atom is -0.384 e. The van der Waals surface area contributed by atoms with Gasteiger partial charge >= 0.3 is 0 Å². The molecule has 25 heavy (non-hydrogen) atoms. The number of aryl methyl sites for hydroxylation is 2. The average molecular weight is 339 g/mol. The maximum absolute atomic E-state index is 12.1. The van der Waals surface area contributed by atoms with Gasteiger partial charge in [0.25, 0.3) is 0 Å². The van der Waals surface area contributed by atoms with Crippen LogP contribution in [0.3, 0.4) is 0 Å². The van der Waals surface area contributed by atoms with E-state index >= 15 is 0 Å². The first-order valence-electron chi connectivity index (χ1n) is 9.00. The van der Waals surface area contributed by atoms with Crippen LogP contribution in [0.2, 0.25) is 0 Å². The van der Waals surface area contributed by atoms with Gasteiger partial charge in [0.1, 0.15) is 0 Å². The molecule has 2 rings (SSSR count). The van der Waals surface area contributed by atoms with Gasteiger partial charge < -0.3 is 15.5 Å². The van der Waals surface area contributed by atoms with Crippen LogP contribution in [0.4, 0.5) is 17.1 Å². The lowest BCUT2D eigenvalue weighted by atomic mass is 10.1. The number of para-hydroxylation sites is 1. The van der Waals surface area contributed by atoms with Crippen LogP contribution in [0.5, 0.6) is 0 Å². The Balaban J connectivity index is 1.87. The van der Waals surface area contributed by atoms with E-state index in [0.29, 0.717) is 13.0 Å². The molecule has 2 aromatic carbocycles. The van der Waals surface area contributed by atoms with Gasteiger partial charge in [-0.2, -0.15) is 0 Å². The zero-order chi connectivity index (χ0) is 18.2. The van der Waals surface area contributed by atoms with Crippen LogP contribution in [-0.4, -0.2) is 25.5 Å². The van der Waals surface area contributed by atoms with Crippen molar-refractivity contribution in [2.24, 2.45) is 0 Å². The number of anilines is 3. The number of nitrogens with one attached hydrogen (secondary N) is 2. The van der Waals surface area contributed by atoms with E-state index in [1.165, 1.54) is 11.3 Å². The van der Waals surface area contributed by atoms with E-state index < -0.39 is 0 Å². The molecule has 2 aromatic rings. The SMILES string of the molecule is CCN(CC)c1ccc(NCCC(=O)Nc2ccccc2C)c(C)c1. The molecule has 0 spiro atoms. The lowest BCUT2D eigenvalue weighted by Crippen LogP contribution is -2.22. The number of benzene rings is 2. The molecule has 0 atom stereocenters. The second kappa shape index (κ2) is 9.11. The molecule has 2 N–H and O–H groups in total. The first kappa shape index (κ1) is 18.8. The Hall–Kier alpha value is -2.49. The molecule has 1 amide bonds. The normalized spacial score (nSPS) is 10.4. The third kappa shape index (κ3) is 5.24. The van der Waals surface area contributed by atoms with Gasteiger partial charge in [-0.25, -0.2) is 0 Å². The molecular formula is C21H29N3O. The fraction of sp³-hybridized carbons (Fsp3) is 0.381. The van der Waals surface area contributed by atoms with E-state index in [0.717, 1.165) is 30.0 Å². The van der Waals surface area contributed by atoms with Crippen LogP contribution in [0.25, 0.3) is 0 Å². The largest absolute Gasteiger partial charge is 0.384 e. The molecule has 0 aliphatic carbocycles. The molecule has 0 unspecified atom stereocenters. The van der Waals surface area contributed by atoms with Gasteiger partial charge in [-0.3, -0.25) is 4.79 Å². The van der Waals surface area contributed by atoms with Crippen molar-refractivity contribution in [3.05, 3.63) is 53.6 Å². The highest BCUT2D eigenvalue weighted by molar-refractivity contribution is 5.91. The van der Waals surface area contributed by atoms with Crippen LogP contribution in [-0.2, 0) is 4.79 Å². The highest BCUT2D eigenvalue weighted by atomic mass is 16.1. The van der Waals surface area contributed by atoms with Gasteiger partial charge in [-0.1, -0.05) is 18.2 Å². The van der Waals surface area contributed by atoms with Crippen LogP contribution in [0.1, 0.15) is 31.4 Å². The summed E-state index contributed by atoms with van der Waals surface area (Å²) >= 11 is 0. The fourth-order valence-electron chi connectivity index (χ4n) is 2.87. The predicted molar refractivity (Wildman–Crippen MR) is 108 cm³/mol.